The SMILES string of the molecule is NC(CSC1CCCCC1)=NC1CC1. The fourth-order valence-electron chi connectivity index (χ4n) is 1.91. The van der Waals surface area contributed by atoms with E-state index in [1.54, 1.807) is 0 Å². The fourth-order valence-corrected chi connectivity index (χ4v) is 3.06. The van der Waals surface area contributed by atoms with Crippen molar-refractivity contribution in [3.63, 3.8) is 0 Å². The van der Waals surface area contributed by atoms with E-state index < -0.39 is 0 Å². The average Bonchev–Trinajstić information content (AvgIpc) is 3.00. The molecule has 2 fully saturated rings. The van der Waals surface area contributed by atoms with Gasteiger partial charge in [0.25, 0.3) is 0 Å². The second-order valence-electron chi connectivity index (χ2n) is 4.42. The van der Waals surface area contributed by atoms with Gasteiger partial charge < -0.3 is 5.73 Å². The zero-order valence-electron chi connectivity index (χ0n) is 8.74. The molecule has 0 unspecified atom stereocenters. The van der Waals surface area contributed by atoms with Crippen molar-refractivity contribution in [3.05, 3.63) is 0 Å². The van der Waals surface area contributed by atoms with E-state index in [9.17, 15) is 0 Å². The molecule has 2 rings (SSSR count). The maximum atomic E-state index is 5.86. The lowest BCUT2D eigenvalue weighted by Gasteiger charge is -2.20. The monoisotopic (exact) mass is 212 g/mol. The van der Waals surface area contributed by atoms with Crippen LogP contribution in [0.25, 0.3) is 0 Å². The largest absolute Gasteiger partial charge is 0.387 e. The quantitative estimate of drug-likeness (QED) is 0.574. The van der Waals surface area contributed by atoms with Gasteiger partial charge in [-0.25, -0.2) is 0 Å². The molecule has 2 N–H and O–H groups in total. The van der Waals surface area contributed by atoms with Crippen LogP contribution in [0.1, 0.15) is 44.9 Å². The lowest BCUT2D eigenvalue weighted by molar-refractivity contribution is 0.516. The second-order valence-corrected chi connectivity index (χ2v) is 5.71. The van der Waals surface area contributed by atoms with Crippen molar-refractivity contribution in [2.45, 2.75) is 56.2 Å². The molecule has 2 aliphatic carbocycles. The minimum Gasteiger partial charge on any atom is -0.387 e. The average molecular weight is 212 g/mol. The van der Waals surface area contributed by atoms with Gasteiger partial charge in [0, 0.05) is 5.25 Å². The number of hydrogen-bond acceptors (Lipinski definition) is 2. The normalized spacial score (nSPS) is 25.3. The molecule has 2 saturated carbocycles. The Morgan fingerprint density at radius 3 is 2.50 bits per heavy atom. The van der Waals surface area contributed by atoms with Gasteiger partial charge >= 0.3 is 0 Å². The van der Waals surface area contributed by atoms with E-state index in [4.69, 9.17) is 5.73 Å². The summed E-state index contributed by atoms with van der Waals surface area (Å²) in [5, 5.41) is 0.858. The summed E-state index contributed by atoms with van der Waals surface area (Å²) in [5.74, 6) is 1.84. The molecule has 2 aliphatic rings. The smallest absolute Gasteiger partial charge is 0.104 e. The molecule has 0 amide bonds. The summed E-state index contributed by atoms with van der Waals surface area (Å²) >= 11 is 2.02. The van der Waals surface area contributed by atoms with E-state index in [0.717, 1.165) is 16.8 Å². The Bertz CT molecular complexity index is 205. The number of thioether (sulfide) groups is 1. The van der Waals surface area contributed by atoms with Gasteiger partial charge in [0.1, 0.15) is 5.84 Å². The molecule has 0 saturated heterocycles. The van der Waals surface area contributed by atoms with Gasteiger partial charge in [0.05, 0.1) is 11.8 Å². The zero-order valence-corrected chi connectivity index (χ0v) is 9.56. The Morgan fingerprint density at radius 2 is 1.86 bits per heavy atom. The molecule has 2 nitrogen and oxygen atoms in total. The van der Waals surface area contributed by atoms with Crippen LogP contribution in [-0.4, -0.2) is 22.9 Å². The van der Waals surface area contributed by atoms with Gasteiger partial charge in [-0.05, 0) is 25.7 Å². The van der Waals surface area contributed by atoms with Crippen molar-refractivity contribution < 1.29 is 0 Å². The first-order valence-corrected chi connectivity index (χ1v) is 6.83. The topological polar surface area (TPSA) is 38.4 Å². The third-order valence-corrected chi connectivity index (χ3v) is 4.32. The summed E-state index contributed by atoms with van der Waals surface area (Å²) in [5.41, 5.74) is 5.86. The van der Waals surface area contributed by atoms with Gasteiger partial charge in [0.2, 0.25) is 0 Å². The maximum absolute atomic E-state index is 5.86. The number of aliphatic imine (C=N–C) groups is 1. The summed E-state index contributed by atoms with van der Waals surface area (Å²) in [6.07, 6.45) is 9.56. The van der Waals surface area contributed by atoms with E-state index >= 15 is 0 Å². The second kappa shape index (κ2) is 5.06. The van der Waals surface area contributed by atoms with Crippen LogP contribution in [0.3, 0.4) is 0 Å². The highest BCUT2D eigenvalue weighted by molar-refractivity contribution is 8.00. The zero-order chi connectivity index (χ0) is 9.80. The lowest BCUT2D eigenvalue weighted by Crippen LogP contribution is -2.19. The molecule has 0 heterocycles. The highest BCUT2D eigenvalue weighted by Gasteiger charge is 2.20. The molecule has 0 bridgehead atoms. The van der Waals surface area contributed by atoms with E-state index in [0.29, 0.717) is 6.04 Å². The lowest BCUT2D eigenvalue weighted by atomic mass is 10.0. The fraction of sp³-hybridized carbons (Fsp3) is 0.909. The Labute approximate surface area is 90.7 Å². The molecule has 0 aliphatic heterocycles. The molecular weight excluding hydrogens is 192 g/mol. The summed E-state index contributed by atoms with van der Waals surface area (Å²) in [7, 11) is 0. The summed E-state index contributed by atoms with van der Waals surface area (Å²) in [4.78, 5) is 4.45. The van der Waals surface area contributed by atoms with Crippen LogP contribution in [0.2, 0.25) is 0 Å². The molecule has 0 aromatic rings. The number of nitrogens with zero attached hydrogens (tertiary/aromatic N) is 1. The Kier molecular flexibility index (Phi) is 3.74. The molecular formula is C11H20N2S. The van der Waals surface area contributed by atoms with Crippen molar-refractivity contribution in [1.82, 2.24) is 0 Å². The molecule has 0 aromatic carbocycles. The summed E-state index contributed by atoms with van der Waals surface area (Å²) < 4.78 is 0. The number of rotatable bonds is 4. The van der Waals surface area contributed by atoms with Crippen LogP contribution in [-0.2, 0) is 0 Å². The van der Waals surface area contributed by atoms with Gasteiger partial charge in [-0.1, -0.05) is 19.3 Å². The highest BCUT2D eigenvalue weighted by Crippen LogP contribution is 2.28. The Morgan fingerprint density at radius 1 is 1.14 bits per heavy atom. The van der Waals surface area contributed by atoms with Crippen molar-refractivity contribution in [2.75, 3.05) is 5.75 Å². The van der Waals surface area contributed by atoms with Crippen molar-refractivity contribution in [2.24, 2.45) is 10.7 Å². The molecule has 0 atom stereocenters. The van der Waals surface area contributed by atoms with E-state index in [-0.39, 0.29) is 0 Å². The highest BCUT2D eigenvalue weighted by atomic mass is 32.2. The van der Waals surface area contributed by atoms with Crippen molar-refractivity contribution in [1.29, 1.82) is 0 Å². The van der Waals surface area contributed by atoms with Crippen LogP contribution in [0, 0.1) is 0 Å². The van der Waals surface area contributed by atoms with Gasteiger partial charge in [-0.15, -0.1) is 0 Å². The van der Waals surface area contributed by atoms with Crippen LogP contribution >= 0.6 is 11.8 Å². The number of nitrogens with two attached hydrogens (primary N) is 1. The Balaban J connectivity index is 1.64. The standard InChI is InChI=1S/C11H20N2S/c12-11(13-9-6-7-9)8-14-10-4-2-1-3-5-10/h9-10H,1-8H2,(H2,12,13). The van der Waals surface area contributed by atoms with E-state index in [2.05, 4.69) is 4.99 Å². The van der Waals surface area contributed by atoms with Gasteiger partial charge in [0.15, 0.2) is 0 Å². The van der Waals surface area contributed by atoms with Crippen LogP contribution in [0.15, 0.2) is 4.99 Å². The molecule has 80 valence electrons. The van der Waals surface area contributed by atoms with Crippen molar-refractivity contribution in [3.8, 4) is 0 Å². The van der Waals surface area contributed by atoms with Gasteiger partial charge in [-0.2, -0.15) is 11.8 Å². The minimum atomic E-state index is 0.585. The number of amidine groups is 1. The van der Waals surface area contributed by atoms with E-state index in [1.807, 2.05) is 11.8 Å². The van der Waals surface area contributed by atoms with Crippen LogP contribution in [0.4, 0.5) is 0 Å². The third kappa shape index (κ3) is 3.52. The molecule has 0 aromatic heterocycles. The molecule has 0 radical (unpaired) electrons. The molecule has 0 spiro atoms. The van der Waals surface area contributed by atoms with Crippen LogP contribution in [0.5, 0.6) is 0 Å². The van der Waals surface area contributed by atoms with E-state index in [1.165, 1.54) is 44.9 Å². The minimum absolute atomic E-state index is 0.585. The molecule has 14 heavy (non-hydrogen) atoms. The first kappa shape index (κ1) is 10.3. The first-order valence-electron chi connectivity index (χ1n) is 5.78. The number of hydrogen-bond donors (Lipinski definition) is 1. The van der Waals surface area contributed by atoms with Crippen molar-refractivity contribution >= 4 is 17.6 Å². The summed E-state index contributed by atoms with van der Waals surface area (Å²) in [6, 6.07) is 0.585. The van der Waals surface area contributed by atoms with Gasteiger partial charge in [-0.3, -0.25) is 4.99 Å². The predicted molar refractivity (Wildman–Crippen MR) is 64.0 cm³/mol. The molecule has 3 heteroatoms. The predicted octanol–water partition coefficient (Wildman–Crippen LogP) is 2.57. The van der Waals surface area contributed by atoms with Crippen LogP contribution < -0.4 is 5.73 Å². The third-order valence-electron chi connectivity index (χ3n) is 2.91. The first-order chi connectivity index (χ1) is 6.84. The maximum Gasteiger partial charge on any atom is 0.104 e. The Hall–Kier alpha value is -0.180. The summed E-state index contributed by atoms with van der Waals surface area (Å²) in [6.45, 7) is 0.